The molecule has 0 saturated heterocycles. The Morgan fingerprint density at radius 1 is 0.871 bits per heavy atom. The summed E-state index contributed by atoms with van der Waals surface area (Å²) in [6, 6.07) is 16.5. The first-order chi connectivity index (χ1) is 15.2. The molecule has 0 heterocycles. The maximum absolute atomic E-state index is 12.1. The monoisotopic (exact) mass is 427 g/mol. The highest BCUT2D eigenvalue weighted by atomic mass is 16.5. The van der Waals surface area contributed by atoms with Gasteiger partial charge in [0.05, 0.1) is 33.4 Å². The molecule has 0 bridgehead atoms. The predicted molar refractivity (Wildman–Crippen MR) is 116 cm³/mol. The Hall–Kier alpha value is -2.90. The molecule has 0 aliphatic heterocycles. The van der Waals surface area contributed by atoms with E-state index in [1.54, 1.807) is 0 Å². The van der Waals surface area contributed by atoms with Crippen molar-refractivity contribution in [2.24, 2.45) is 0 Å². The summed E-state index contributed by atoms with van der Waals surface area (Å²) in [6.45, 7) is 2.45. The van der Waals surface area contributed by atoms with Crippen LogP contribution in [0.3, 0.4) is 0 Å². The van der Waals surface area contributed by atoms with Crippen LogP contribution in [0.4, 0.5) is 4.79 Å². The number of ether oxygens (including phenoxy) is 4. The first-order valence-corrected chi connectivity index (χ1v) is 10.5. The third-order valence-electron chi connectivity index (χ3n) is 5.13. The largest absolute Gasteiger partial charge is 0.469 e. The van der Waals surface area contributed by atoms with Crippen LogP contribution >= 0.6 is 0 Å². The molecule has 1 amide bonds. The molecule has 1 aliphatic carbocycles. The lowest BCUT2D eigenvalue weighted by atomic mass is 9.98. The standard InChI is InChI=1S/C24H29NO6/c1-28-23(26)11-14-30-16-15-29-13-6-12-25-24(27)31-17-22-20-9-4-2-7-18(20)19-8-3-5-10-21(19)22/h2-5,7-10,22H,6,11-17H2,1H3,(H,25,27). The number of carbonyl (C=O) groups is 2. The molecule has 1 aliphatic rings. The number of fused-ring (bicyclic) bond motifs is 3. The number of rotatable bonds is 12. The molecule has 0 aromatic heterocycles. The van der Waals surface area contributed by atoms with Crippen molar-refractivity contribution in [1.82, 2.24) is 5.32 Å². The first-order valence-electron chi connectivity index (χ1n) is 10.5. The fourth-order valence-corrected chi connectivity index (χ4v) is 3.59. The smallest absolute Gasteiger partial charge is 0.407 e. The zero-order valence-corrected chi connectivity index (χ0v) is 17.8. The third-order valence-corrected chi connectivity index (χ3v) is 5.13. The van der Waals surface area contributed by atoms with E-state index in [0.29, 0.717) is 46.0 Å². The highest BCUT2D eigenvalue weighted by Crippen LogP contribution is 2.44. The molecule has 7 heteroatoms. The molecule has 2 aromatic rings. The number of hydrogen-bond acceptors (Lipinski definition) is 6. The maximum Gasteiger partial charge on any atom is 0.407 e. The van der Waals surface area contributed by atoms with Gasteiger partial charge in [0.1, 0.15) is 6.61 Å². The van der Waals surface area contributed by atoms with Crippen LogP contribution in [0.5, 0.6) is 0 Å². The Labute approximate surface area is 182 Å². The van der Waals surface area contributed by atoms with Crippen molar-refractivity contribution >= 4 is 12.1 Å². The Morgan fingerprint density at radius 3 is 2.13 bits per heavy atom. The third kappa shape index (κ3) is 6.54. The number of amides is 1. The summed E-state index contributed by atoms with van der Waals surface area (Å²) in [4.78, 5) is 23.0. The van der Waals surface area contributed by atoms with Gasteiger partial charge in [0.15, 0.2) is 0 Å². The van der Waals surface area contributed by atoms with Gasteiger partial charge in [-0.1, -0.05) is 48.5 Å². The average Bonchev–Trinajstić information content (AvgIpc) is 3.12. The summed E-state index contributed by atoms with van der Waals surface area (Å²) in [7, 11) is 1.35. The van der Waals surface area contributed by atoms with Gasteiger partial charge in [0, 0.05) is 19.1 Å². The van der Waals surface area contributed by atoms with Crippen molar-refractivity contribution in [3.63, 3.8) is 0 Å². The summed E-state index contributed by atoms with van der Waals surface area (Å²) in [5.41, 5.74) is 4.80. The molecule has 7 nitrogen and oxygen atoms in total. The number of benzene rings is 2. The van der Waals surface area contributed by atoms with E-state index >= 15 is 0 Å². The Balaban J connectivity index is 1.28. The zero-order chi connectivity index (χ0) is 21.9. The Kier molecular flexibility index (Phi) is 8.87. The van der Waals surface area contributed by atoms with Crippen LogP contribution in [0.25, 0.3) is 11.1 Å². The highest BCUT2D eigenvalue weighted by Gasteiger charge is 2.28. The van der Waals surface area contributed by atoms with E-state index in [1.807, 2.05) is 24.3 Å². The number of nitrogens with one attached hydrogen (secondary N) is 1. The van der Waals surface area contributed by atoms with E-state index < -0.39 is 6.09 Å². The molecule has 0 radical (unpaired) electrons. The van der Waals surface area contributed by atoms with Gasteiger partial charge in [-0.15, -0.1) is 0 Å². The molecule has 2 aromatic carbocycles. The van der Waals surface area contributed by atoms with Gasteiger partial charge in [0.25, 0.3) is 0 Å². The molecule has 1 N–H and O–H groups in total. The molecular weight excluding hydrogens is 398 g/mol. The van der Waals surface area contributed by atoms with E-state index in [2.05, 4.69) is 34.3 Å². The minimum Gasteiger partial charge on any atom is -0.469 e. The van der Waals surface area contributed by atoms with Gasteiger partial charge in [-0.05, 0) is 28.7 Å². The van der Waals surface area contributed by atoms with Gasteiger partial charge in [-0.3, -0.25) is 4.79 Å². The van der Waals surface area contributed by atoms with Gasteiger partial charge < -0.3 is 24.3 Å². The topological polar surface area (TPSA) is 83.1 Å². The number of carbonyl (C=O) groups excluding carboxylic acids is 2. The molecule has 0 fully saturated rings. The summed E-state index contributed by atoms with van der Waals surface area (Å²) < 4.78 is 20.7. The van der Waals surface area contributed by atoms with Gasteiger partial charge in [-0.2, -0.15) is 0 Å². The van der Waals surface area contributed by atoms with Crippen LogP contribution in [-0.2, 0) is 23.7 Å². The van der Waals surface area contributed by atoms with E-state index in [4.69, 9.17) is 14.2 Å². The molecular formula is C24H29NO6. The molecule has 166 valence electrons. The van der Waals surface area contributed by atoms with Crippen LogP contribution in [-0.4, -0.2) is 58.8 Å². The molecule has 0 unspecified atom stereocenters. The predicted octanol–water partition coefficient (Wildman–Crippen LogP) is 3.51. The Morgan fingerprint density at radius 2 is 1.48 bits per heavy atom. The quantitative estimate of drug-likeness (QED) is 0.412. The highest BCUT2D eigenvalue weighted by molar-refractivity contribution is 5.79. The summed E-state index contributed by atoms with van der Waals surface area (Å²) in [6.07, 6.45) is 0.486. The fraction of sp³-hybridized carbons (Fsp3) is 0.417. The van der Waals surface area contributed by atoms with Crippen molar-refractivity contribution in [3.8, 4) is 11.1 Å². The van der Waals surface area contributed by atoms with Crippen molar-refractivity contribution in [2.75, 3.05) is 46.7 Å². The summed E-state index contributed by atoms with van der Waals surface area (Å²) >= 11 is 0. The molecule has 0 spiro atoms. The lowest BCUT2D eigenvalue weighted by Crippen LogP contribution is -2.27. The number of esters is 1. The van der Waals surface area contributed by atoms with Gasteiger partial charge in [0.2, 0.25) is 0 Å². The van der Waals surface area contributed by atoms with Crippen LogP contribution in [0.15, 0.2) is 48.5 Å². The van der Waals surface area contributed by atoms with Crippen molar-refractivity contribution < 1.29 is 28.5 Å². The van der Waals surface area contributed by atoms with Gasteiger partial charge in [-0.25, -0.2) is 4.79 Å². The van der Waals surface area contributed by atoms with Crippen LogP contribution in [0, 0.1) is 0 Å². The molecule has 31 heavy (non-hydrogen) atoms. The number of hydrogen-bond donors (Lipinski definition) is 1. The summed E-state index contributed by atoms with van der Waals surface area (Å²) in [5, 5.41) is 2.76. The molecule has 0 atom stereocenters. The molecule has 3 rings (SSSR count). The van der Waals surface area contributed by atoms with Crippen molar-refractivity contribution in [2.45, 2.75) is 18.8 Å². The zero-order valence-electron chi connectivity index (χ0n) is 17.8. The van der Waals surface area contributed by atoms with Crippen molar-refractivity contribution in [3.05, 3.63) is 59.7 Å². The molecule has 0 saturated carbocycles. The minimum absolute atomic E-state index is 0.0562. The Bertz CT molecular complexity index is 823. The first kappa shape index (κ1) is 22.8. The van der Waals surface area contributed by atoms with E-state index in [9.17, 15) is 9.59 Å². The normalized spacial score (nSPS) is 12.2. The lowest BCUT2D eigenvalue weighted by molar-refractivity contribution is -0.141. The average molecular weight is 427 g/mol. The van der Waals surface area contributed by atoms with E-state index in [-0.39, 0.29) is 18.3 Å². The van der Waals surface area contributed by atoms with Gasteiger partial charge >= 0.3 is 12.1 Å². The lowest BCUT2D eigenvalue weighted by Gasteiger charge is -2.14. The summed E-state index contributed by atoms with van der Waals surface area (Å²) in [5.74, 6) is -0.235. The van der Waals surface area contributed by atoms with Crippen LogP contribution < -0.4 is 5.32 Å². The van der Waals surface area contributed by atoms with E-state index in [0.717, 1.165) is 0 Å². The second kappa shape index (κ2) is 12.1. The van der Waals surface area contributed by atoms with Crippen LogP contribution in [0.2, 0.25) is 0 Å². The van der Waals surface area contributed by atoms with E-state index in [1.165, 1.54) is 29.4 Å². The number of methoxy groups -OCH3 is 1. The fourth-order valence-electron chi connectivity index (χ4n) is 3.59. The second-order valence-corrected chi connectivity index (χ2v) is 7.16. The number of alkyl carbamates (subject to hydrolysis) is 1. The minimum atomic E-state index is -0.423. The SMILES string of the molecule is COC(=O)CCOCCOCCCNC(=O)OCC1c2ccccc2-c2ccccc21. The maximum atomic E-state index is 12.1. The van der Waals surface area contributed by atoms with Crippen LogP contribution in [0.1, 0.15) is 29.9 Å². The van der Waals surface area contributed by atoms with Crippen molar-refractivity contribution in [1.29, 1.82) is 0 Å². The second-order valence-electron chi connectivity index (χ2n) is 7.16.